The molecule has 0 bridgehead atoms. The molecule has 5 rings (SSSR count). The molecule has 7 nitrogen and oxygen atoms in total. The molecule has 0 saturated carbocycles. The summed E-state index contributed by atoms with van der Waals surface area (Å²) in [5.74, 6) is 0.0947. The van der Waals surface area contributed by atoms with E-state index in [1.165, 1.54) is 0 Å². The van der Waals surface area contributed by atoms with Gasteiger partial charge in [-0.05, 0) is 31.4 Å². The number of aromatic amines is 2. The van der Waals surface area contributed by atoms with Crippen molar-refractivity contribution >= 4 is 16.9 Å². The summed E-state index contributed by atoms with van der Waals surface area (Å²) in [5, 5.41) is 7.61. The lowest BCUT2D eigenvalue weighted by Crippen LogP contribution is -2.64. The molecule has 128 valence electrons. The number of nitrogens with zero attached hydrogens (tertiary/aromatic N) is 3. The zero-order chi connectivity index (χ0) is 16.9. The van der Waals surface area contributed by atoms with E-state index in [1.807, 2.05) is 17.0 Å². The van der Waals surface area contributed by atoms with Gasteiger partial charge in [-0.15, -0.1) is 0 Å². The molecule has 5 heterocycles. The largest absolute Gasteiger partial charge is 0.381 e. The van der Waals surface area contributed by atoms with Crippen LogP contribution in [0, 0.1) is 0 Å². The molecule has 0 aliphatic carbocycles. The number of H-pyrrole nitrogens is 2. The highest BCUT2D eigenvalue weighted by molar-refractivity contribution is 6.06. The highest BCUT2D eigenvalue weighted by Crippen LogP contribution is 2.40. The Bertz CT molecular complexity index is 924. The van der Waals surface area contributed by atoms with Crippen LogP contribution < -0.4 is 0 Å². The summed E-state index contributed by atoms with van der Waals surface area (Å²) in [5.41, 5.74) is 3.18. The van der Waals surface area contributed by atoms with Crippen LogP contribution in [0.3, 0.4) is 0 Å². The molecule has 3 aromatic heterocycles. The molecule has 7 heteroatoms. The van der Waals surface area contributed by atoms with Crippen molar-refractivity contribution in [1.29, 1.82) is 0 Å². The van der Waals surface area contributed by atoms with Crippen LogP contribution in [0.5, 0.6) is 0 Å². The minimum atomic E-state index is 0.00306. The molecular formula is C18H19N5O2. The number of rotatable bonds is 2. The number of nitrogens with one attached hydrogen (secondary N) is 2. The summed E-state index contributed by atoms with van der Waals surface area (Å²) in [6.45, 7) is 2.31. The molecule has 1 spiro atoms. The Labute approximate surface area is 144 Å². The van der Waals surface area contributed by atoms with Gasteiger partial charge in [-0.2, -0.15) is 5.10 Å². The summed E-state index contributed by atoms with van der Waals surface area (Å²) in [7, 11) is 0. The molecular weight excluding hydrogens is 318 g/mol. The van der Waals surface area contributed by atoms with Gasteiger partial charge in [-0.3, -0.25) is 9.89 Å². The quantitative estimate of drug-likeness (QED) is 0.751. The SMILES string of the molecule is O=C(c1c[nH]c2nc(-c3cn[nH]c3)ccc12)N1CCC12CCOCC2. The fourth-order valence-electron chi connectivity index (χ4n) is 4.01. The van der Waals surface area contributed by atoms with Crippen LogP contribution in [0.15, 0.2) is 30.7 Å². The fraction of sp³-hybridized carbons (Fsp3) is 0.389. The van der Waals surface area contributed by atoms with Gasteiger partial charge in [0.1, 0.15) is 5.65 Å². The van der Waals surface area contributed by atoms with Crippen molar-refractivity contribution in [2.45, 2.75) is 24.8 Å². The summed E-state index contributed by atoms with van der Waals surface area (Å²) in [6, 6.07) is 3.89. The molecule has 0 aromatic carbocycles. The second kappa shape index (κ2) is 5.42. The third-order valence-corrected chi connectivity index (χ3v) is 5.61. The van der Waals surface area contributed by atoms with Gasteiger partial charge in [0.05, 0.1) is 17.5 Å². The van der Waals surface area contributed by atoms with Gasteiger partial charge in [-0.25, -0.2) is 4.98 Å². The van der Waals surface area contributed by atoms with E-state index < -0.39 is 0 Å². The molecule has 2 saturated heterocycles. The van der Waals surface area contributed by atoms with Gasteiger partial charge >= 0.3 is 0 Å². The highest BCUT2D eigenvalue weighted by Gasteiger charge is 2.48. The number of ether oxygens (including phenoxy) is 1. The first-order valence-electron chi connectivity index (χ1n) is 8.64. The van der Waals surface area contributed by atoms with Crippen LogP contribution >= 0.6 is 0 Å². The summed E-state index contributed by atoms with van der Waals surface area (Å²) < 4.78 is 5.48. The minimum Gasteiger partial charge on any atom is -0.381 e. The predicted molar refractivity (Wildman–Crippen MR) is 92.1 cm³/mol. The minimum absolute atomic E-state index is 0.00306. The molecule has 3 aromatic rings. The summed E-state index contributed by atoms with van der Waals surface area (Å²) >= 11 is 0. The van der Waals surface area contributed by atoms with E-state index >= 15 is 0 Å². The Kier molecular flexibility index (Phi) is 3.18. The second-order valence-corrected chi connectivity index (χ2v) is 6.83. The average molecular weight is 337 g/mol. The lowest BCUT2D eigenvalue weighted by atomic mass is 9.77. The second-order valence-electron chi connectivity index (χ2n) is 6.83. The topological polar surface area (TPSA) is 86.9 Å². The first-order chi connectivity index (χ1) is 12.3. The number of pyridine rings is 1. The van der Waals surface area contributed by atoms with Crippen LogP contribution in [0.25, 0.3) is 22.3 Å². The van der Waals surface area contributed by atoms with E-state index in [1.54, 1.807) is 18.6 Å². The van der Waals surface area contributed by atoms with Crippen molar-refractivity contribution in [2.24, 2.45) is 0 Å². The van der Waals surface area contributed by atoms with Crippen molar-refractivity contribution < 1.29 is 9.53 Å². The maximum absolute atomic E-state index is 13.1. The van der Waals surface area contributed by atoms with Crippen molar-refractivity contribution in [3.63, 3.8) is 0 Å². The molecule has 2 aliphatic rings. The van der Waals surface area contributed by atoms with Gasteiger partial charge < -0.3 is 14.6 Å². The standard InChI is InChI=1S/C18H19N5O2/c24-17(23-6-3-18(23)4-7-25-8-5-18)14-11-19-16-13(14)1-2-15(22-16)12-9-20-21-10-12/h1-2,9-11H,3-8H2,(H,19,22)(H,20,21). The smallest absolute Gasteiger partial charge is 0.256 e. The number of aromatic nitrogens is 4. The molecule has 0 unspecified atom stereocenters. The van der Waals surface area contributed by atoms with Gasteiger partial charge in [0, 0.05) is 48.6 Å². The van der Waals surface area contributed by atoms with Gasteiger partial charge in [0.15, 0.2) is 0 Å². The Morgan fingerprint density at radius 2 is 2.08 bits per heavy atom. The van der Waals surface area contributed by atoms with Gasteiger partial charge in [0.25, 0.3) is 5.91 Å². The Hall–Kier alpha value is -2.67. The van der Waals surface area contributed by atoms with E-state index in [4.69, 9.17) is 4.74 Å². The lowest BCUT2D eigenvalue weighted by Gasteiger charge is -2.54. The molecule has 0 radical (unpaired) electrons. The molecule has 0 atom stereocenters. The zero-order valence-electron chi connectivity index (χ0n) is 13.8. The Morgan fingerprint density at radius 3 is 2.80 bits per heavy atom. The molecule has 25 heavy (non-hydrogen) atoms. The Balaban J connectivity index is 1.48. The highest BCUT2D eigenvalue weighted by atomic mass is 16.5. The third kappa shape index (κ3) is 2.19. The van der Waals surface area contributed by atoms with Crippen LogP contribution in [0.2, 0.25) is 0 Å². The summed E-state index contributed by atoms with van der Waals surface area (Å²) in [6.07, 6.45) is 8.27. The molecule has 2 fully saturated rings. The maximum Gasteiger partial charge on any atom is 0.256 e. The zero-order valence-corrected chi connectivity index (χ0v) is 13.8. The normalized spacial score (nSPS) is 19.3. The fourth-order valence-corrected chi connectivity index (χ4v) is 4.01. The maximum atomic E-state index is 13.1. The van der Waals surface area contributed by atoms with E-state index in [9.17, 15) is 4.79 Å². The first-order valence-corrected chi connectivity index (χ1v) is 8.64. The molecule has 1 amide bonds. The number of likely N-dealkylation sites (tertiary alicyclic amines) is 1. The number of carbonyl (C=O) groups is 1. The van der Waals surface area contributed by atoms with E-state index in [2.05, 4.69) is 20.2 Å². The number of carbonyl (C=O) groups excluding carboxylic acids is 1. The van der Waals surface area contributed by atoms with Crippen LogP contribution in [-0.2, 0) is 4.74 Å². The number of hydrogen-bond donors (Lipinski definition) is 2. The van der Waals surface area contributed by atoms with Crippen LogP contribution in [0.1, 0.15) is 29.6 Å². The van der Waals surface area contributed by atoms with Gasteiger partial charge in [-0.1, -0.05) is 0 Å². The Morgan fingerprint density at radius 1 is 1.20 bits per heavy atom. The van der Waals surface area contributed by atoms with Crippen molar-refractivity contribution in [1.82, 2.24) is 25.1 Å². The molecule has 2 aliphatic heterocycles. The van der Waals surface area contributed by atoms with Crippen molar-refractivity contribution in [3.8, 4) is 11.3 Å². The van der Waals surface area contributed by atoms with E-state index in [0.717, 1.165) is 61.3 Å². The predicted octanol–water partition coefficient (Wildman–Crippen LogP) is 2.35. The van der Waals surface area contributed by atoms with Crippen molar-refractivity contribution in [2.75, 3.05) is 19.8 Å². The molecule has 2 N–H and O–H groups in total. The number of amides is 1. The number of hydrogen-bond acceptors (Lipinski definition) is 4. The monoisotopic (exact) mass is 337 g/mol. The van der Waals surface area contributed by atoms with Crippen LogP contribution in [0.4, 0.5) is 0 Å². The summed E-state index contributed by atoms with van der Waals surface area (Å²) in [4.78, 5) is 22.9. The third-order valence-electron chi connectivity index (χ3n) is 5.61. The van der Waals surface area contributed by atoms with Gasteiger partial charge in [0.2, 0.25) is 0 Å². The van der Waals surface area contributed by atoms with E-state index in [-0.39, 0.29) is 11.4 Å². The van der Waals surface area contributed by atoms with Crippen LogP contribution in [-0.4, -0.2) is 56.3 Å². The number of fused-ring (bicyclic) bond motifs is 1. The average Bonchev–Trinajstić information content (AvgIpc) is 3.30. The lowest BCUT2D eigenvalue weighted by molar-refractivity contribution is -0.0695. The first kappa shape index (κ1) is 14.7. The van der Waals surface area contributed by atoms with Crippen molar-refractivity contribution in [3.05, 3.63) is 36.3 Å². The van der Waals surface area contributed by atoms with E-state index in [0.29, 0.717) is 5.56 Å².